The van der Waals surface area contributed by atoms with E-state index in [2.05, 4.69) is 15.1 Å². The average molecular weight is 547 g/mol. The van der Waals surface area contributed by atoms with Crippen LogP contribution in [0.15, 0.2) is 41.6 Å². The number of rotatable bonds is 3. The number of fused-ring (bicyclic) bond motifs is 2. The third-order valence-electron chi connectivity index (χ3n) is 5.87. The molecule has 0 aliphatic carbocycles. The Bertz CT molecular complexity index is 1620. The molecule has 5 rings (SSSR count). The highest BCUT2D eigenvalue weighted by atomic mass is 32.5. The van der Waals surface area contributed by atoms with Crippen LogP contribution < -0.4 is 16.0 Å². The molecule has 0 radical (unpaired) electrons. The highest BCUT2D eigenvalue weighted by molar-refractivity contribution is 8.45. The molecular formula is C21H16F7N7OS. The zero-order valence-corrected chi connectivity index (χ0v) is 19.5. The van der Waals surface area contributed by atoms with Gasteiger partial charge in [0.1, 0.15) is 34.4 Å². The summed E-state index contributed by atoms with van der Waals surface area (Å²) in [6, 6.07) is 1.47. The first-order chi connectivity index (χ1) is 17.0. The number of anilines is 3. The third-order valence-corrected chi connectivity index (χ3v) is 7.01. The van der Waals surface area contributed by atoms with E-state index in [4.69, 9.17) is 5.73 Å². The van der Waals surface area contributed by atoms with E-state index < -0.39 is 38.5 Å². The summed E-state index contributed by atoms with van der Waals surface area (Å²) in [7, 11) is -8.54. The van der Waals surface area contributed by atoms with Crippen LogP contribution in [0.3, 0.4) is 0 Å². The smallest absolute Gasteiger partial charge is 0.326 e. The zero-order valence-electron chi connectivity index (χ0n) is 18.7. The third kappa shape index (κ3) is 4.16. The molecule has 2 aromatic carbocycles. The number of amides is 2. The minimum absolute atomic E-state index is 0.00710. The van der Waals surface area contributed by atoms with Crippen molar-refractivity contribution in [1.82, 2.24) is 19.7 Å². The second-order valence-electron chi connectivity index (χ2n) is 8.30. The fourth-order valence-corrected chi connectivity index (χ4v) is 4.83. The normalized spacial score (nSPS) is 15.4. The molecule has 8 nitrogen and oxygen atoms in total. The van der Waals surface area contributed by atoms with Crippen molar-refractivity contribution in [2.24, 2.45) is 7.05 Å². The van der Waals surface area contributed by atoms with Gasteiger partial charge in [-0.3, -0.25) is 4.90 Å². The van der Waals surface area contributed by atoms with Gasteiger partial charge < -0.3 is 11.1 Å². The number of hydrogen-bond donors (Lipinski definition) is 2. The standard InChI is InChI=1S/C21H16F7N7OS/c1-34-20-16(19(29)30-9-31-20)18(33-34)12-3-5-15-11(17(12)23)6-7-35(15)21(36)32-14-8-10(2-4-13(14)22)37(24,25,26,27)28/h2-5,8-9H,6-7H2,1H3,(H,32,36)(H2,29,30,31). The maximum Gasteiger partial charge on any atom is 0.326 e. The highest BCUT2D eigenvalue weighted by Crippen LogP contribution is 3.02. The van der Waals surface area contributed by atoms with Gasteiger partial charge in [0.25, 0.3) is 0 Å². The number of hydrogen-bond acceptors (Lipinski definition) is 5. The van der Waals surface area contributed by atoms with E-state index in [0.717, 1.165) is 4.90 Å². The van der Waals surface area contributed by atoms with Crippen molar-refractivity contribution in [3.8, 4) is 11.3 Å². The van der Waals surface area contributed by atoms with Gasteiger partial charge in [-0.1, -0.05) is 19.4 Å². The molecule has 0 saturated carbocycles. The van der Waals surface area contributed by atoms with Gasteiger partial charge in [0.2, 0.25) is 0 Å². The molecule has 0 atom stereocenters. The lowest BCUT2D eigenvalue weighted by Crippen LogP contribution is -2.33. The number of carbonyl (C=O) groups excluding carboxylic acids is 1. The van der Waals surface area contributed by atoms with E-state index in [1.54, 1.807) is 7.05 Å². The van der Waals surface area contributed by atoms with Gasteiger partial charge in [-0.25, -0.2) is 28.2 Å². The number of aromatic nitrogens is 4. The van der Waals surface area contributed by atoms with E-state index in [-0.39, 0.29) is 59.5 Å². The molecule has 0 spiro atoms. The molecule has 0 unspecified atom stereocenters. The summed E-state index contributed by atoms with van der Waals surface area (Å²) >= 11 is 0. The van der Waals surface area contributed by atoms with E-state index in [9.17, 15) is 28.6 Å². The van der Waals surface area contributed by atoms with Crippen molar-refractivity contribution in [3.05, 3.63) is 53.9 Å². The molecule has 2 aromatic heterocycles. The van der Waals surface area contributed by atoms with Crippen LogP contribution in [-0.4, -0.2) is 32.3 Å². The molecule has 0 bridgehead atoms. The Morgan fingerprint density at radius 2 is 1.81 bits per heavy atom. The lowest BCUT2D eigenvalue weighted by Gasteiger charge is -2.40. The van der Waals surface area contributed by atoms with Crippen LogP contribution >= 0.6 is 10.2 Å². The summed E-state index contributed by atoms with van der Waals surface area (Å²) in [6.45, 7) is -0.112. The zero-order chi connectivity index (χ0) is 27.0. The molecule has 0 fully saturated rings. The maximum absolute atomic E-state index is 15.6. The van der Waals surface area contributed by atoms with Crippen molar-refractivity contribution >= 4 is 44.5 Å². The van der Waals surface area contributed by atoms with Crippen molar-refractivity contribution < 1.29 is 33.0 Å². The first kappa shape index (κ1) is 24.6. The number of benzene rings is 2. The van der Waals surface area contributed by atoms with Crippen LogP contribution in [0.1, 0.15) is 5.56 Å². The fraction of sp³-hybridized carbons (Fsp3) is 0.143. The Morgan fingerprint density at radius 3 is 2.51 bits per heavy atom. The molecule has 1 aliphatic rings. The van der Waals surface area contributed by atoms with Crippen LogP contribution in [0.25, 0.3) is 22.3 Å². The van der Waals surface area contributed by atoms with Gasteiger partial charge in [-0.05, 0) is 36.8 Å². The largest absolute Gasteiger partial charge is 0.383 e. The van der Waals surface area contributed by atoms with Gasteiger partial charge in [-0.15, -0.1) is 0 Å². The molecule has 37 heavy (non-hydrogen) atoms. The summed E-state index contributed by atoms with van der Waals surface area (Å²) < 4.78 is 96.7. The van der Waals surface area contributed by atoms with Crippen LogP contribution in [0.2, 0.25) is 0 Å². The summed E-state index contributed by atoms with van der Waals surface area (Å²) in [4.78, 5) is 19.3. The minimum atomic E-state index is -10.1. The van der Waals surface area contributed by atoms with Gasteiger partial charge in [0.15, 0.2) is 5.65 Å². The van der Waals surface area contributed by atoms with Crippen LogP contribution in [-0.2, 0) is 13.5 Å². The summed E-state index contributed by atoms with van der Waals surface area (Å²) in [5.74, 6) is -2.02. The van der Waals surface area contributed by atoms with Gasteiger partial charge in [0.05, 0.1) is 16.8 Å². The number of nitrogens with zero attached hydrogens (tertiary/aromatic N) is 5. The van der Waals surface area contributed by atoms with E-state index in [1.165, 1.54) is 23.1 Å². The molecule has 3 heterocycles. The minimum Gasteiger partial charge on any atom is -0.383 e. The lowest BCUT2D eigenvalue weighted by molar-refractivity contribution is 0.257. The van der Waals surface area contributed by atoms with Crippen molar-refractivity contribution in [1.29, 1.82) is 0 Å². The number of carbonyl (C=O) groups is 1. The Morgan fingerprint density at radius 1 is 1.08 bits per heavy atom. The number of nitrogens with two attached hydrogens (primary N) is 1. The molecular weight excluding hydrogens is 531 g/mol. The molecule has 196 valence electrons. The van der Waals surface area contributed by atoms with Crippen molar-refractivity contribution in [2.75, 3.05) is 22.5 Å². The Labute approximate surface area is 203 Å². The number of urea groups is 1. The lowest BCUT2D eigenvalue weighted by atomic mass is 10.0. The highest BCUT2D eigenvalue weighted by Gasteiger charge is 2.65. The number of aryl methyl sites for hydroxylation is 1. The molecule has 1 aliphatic heterocycles. The number of nitrogen functional groups attached to an aromatic ring is 1. The van der Waals surface area contributed by atoms with E-state index in [1.807, 2.05) is 5.32 Å². The van der Waals surface area contributed by atoms with Gasteiger partial charge in [-0.2, -0.15) is 5.10 Å². The van der Waals surface area contributed by atoms with Gasteiger partial charge in [0, 0.05) is 24.7 Å². The second-order valence-corrected chi connectivity index (χ2v) is 10.7. The molecule has 4 aromatic rings. The summed E-state index contributed by atoms with van der Waals surface area (Å²) in [5.41, 5.74) is 5.55. The maximum atomic E-state index is 15.6. The Balaban J connectivity index is 1.49. The van der Waals surface area contributed by atoms with E-state index in [0.29, 0.717) is 11.0 Å². The van der Waals surface area contributed by atoms with Crippen LogP contribution in [0, 0.1) is 11.6 Å². The Hall–Kier alpha value is -4.08. The summed E-state index contributed by atoms with van der Waals surface area (Å²) in [6.07, 6.45) is 1.24. The fourth-order valence-electron chi connectivity index (χ4n) is 4.16. The van der Waals surface area contributed by atoms with Crippen molar-refractivity contribution in [3.63, 3.8) is 0 Å². The topological polar surface area (TPSA) is 102 Å². The monoisotopic (exact) mass is 547 g/mol. The van der Waals surface area contributed by atoms with Gasteiger partial charge >= 0.3 is 16.3 Å². The first-order valence-electron chi connectivity index (χ1n) is 10.4. The quantitative estimate of drug-likeness (QED) is 0.300. The van der Waals surface area contributed by atoms with E-state index >= 15 is 4.39 Å². The number of halogens is 7. The predicted octanol–water partition coefficient (Wildman–Crippen LogP) is 6.14. The molecule has 0 saturated heterocycles. The Kier molecular flexibility index (Phi) is 4.82. The van der Waals surface area contributed by atoms with Crippen LogP contribution in [0.4, 0.5) is 50.2 Å². The molecule has 16 heteroatoms. The number of nitrogens with one attached hydrogen (secondary N) is 1. The van der Waals surface area contributed by atoms with Crippen molar-refractivity contribution in [2.45, 2.75) is 11.3 Å². The predicted molar refractivity (Wildman–Crippen MR) is 124 cm³/mol. The second kappa shape index (κ2) is 7.24. The molecule has 2 amide bonds. The summed E-state index contributed by atoms with van der Waals surface area (Å²) in [5, 5.41) is 6.46. The SMILES string of the molecule is Cn1nc(-c2ccc3c(c2F)CCN3C(=O)Nc2cc(S(F)(F)(F)(F)F)ccc2F)c2c(N)ncnc21. The van der Waals surface area contributed by atoms with Crippen LogP contribution in [0.5, 0.6) is 0 Å². The average Bonchev–Trinajstić information content (AvgIpc) is 3.37. The molecule has 3 N–H and O–H groups in total. The first-order valence-corrected chi connectivity index (χ1v) is 12.4.